The van der Waals surface area contributed by atoms with Crippen molar-refractivity contribution >= 4 is 37.6 Å². The third kappa shape index (κ3) is 1.61. The van der Waals surface area contributed by atoms with Crippen LogP contribution in [-0.4, -0.2) is 9.02 Å². The number of hydrogen-bond acceptors (Lipinski definition) is 1. The molecule has 0 unspecified atom stereocenters. The lowest BCUT2D eigenvalue weighted by Gasteiger charge is -2.55. The van der Waals surface area contributed by atoms with Crippen molar-refractivity contribution in [1.29, 1.82) is 0 Å². The number of fused-ring (bicyclic) bond motifs is 3. The van der Waals surface area contributed by atoms with Crippen molar-refractivity contribution in [3.63, 3.8) is 0 Å². The first-order valence-electron chi connectivity index (χ1n) is 7.48. The van der Waals surface area contributed by atoms with Gasteiger partial charge in [0, 0.05) is 5.41 Å². The number of alkyl halides is 2. The molecule has 0 aromatic heterocycles. The highest BCUT2D eigenvalue weighted by molar-refractivity contribution is 9.25. The van der Waals surface area contributed by atoms with Crippen molar-refractivity contribution in [3.8, 4) is 0 Å². The normalized spacial score (nSPS) is 50.0. The third-order valence-electron chi connectivity index (χ3n) is 6.76. The highest BCUT2D eigenvalue weighted by Crippen LogP contribution is 2.83. The average Bonchev–Trinajstić information content (AvgIpc) is 2.72. The van der Waals surface area contributed by atoms with Crippen molar-refractivity contribution in [3.05, 3.63) is 0 Å². The lowest BCUT2D eigenvalue weighted by molar-refractivity contribution is -0.145. The SMILES string of the molecule is CC(=O)[C@]12CCCC(C)(C)[C@H]1[C@@H]1C(Br)(Br)[C@]1(C)CC2. The van der Waals surface area contributed by atoms with Crippen LogP contribution in [0.4, 0.5) is 0 Å². The van der Waals surface area contributed by atoms with Crippen molar-refractivity contribution in [2.75, 3.05) is 0 Å². The van der Waals surface area contributed by atoms with E-state index in [-0.39, 0.29) is 14.1 Å². The zero-order valence-corrected chi connectivity index (χ0v) is 15.5. The smallest absolute Gasteiger partial charge is 0.136 e. The van der Waals surface area contributed by atoms with Gasteiger partial charge in [-0.15, -0.1) is 0 Å². The van der Waals surface area contributed by atoms with Crippen LogP contribution in [0.2, 0.25) is 0 Å². The number of carbonyl (C=O) groups excluding carboxylic acids is 1. The fraction of sp³-hybridized carbons (Fsp3) is 0.938. The van der Waals surface area contributed by atoms with Crippen molar-refractivity contribution in [1.82, 2.24) is 0 Å². The number of rotatable bonds is 1. The molecule has 0 saturated heterocycles. The Labute approximate surface area is 133 Å². The summed E-state index contributed by atoms with van der Waals surface area (Å²) in [5.41, 5.74) is 0.556. The van der Waals surface area contributed by atoms with E-state index in [0.29, 0.717) is 23.0 Å². The molecule has 3 fully saturated rings. The topological polar surface area (TPSA) is 17.1 Å². The second-order valence-electron chi connectivity index (χ2n) is 8.05. The van der Waals surface area contributed by atoms with Crippen LogP contribution in [0.5, 0.6) is 0 Å². The summed E-state index contributed by atoms with van der Waals surface area (Å²) < 4.78 is 0.0590. The van der Waals surface area contributed by atoms with Gasteiger partial charge in [-0.1, -0.05) is 59.1 Å². The summed E-state index contributed by atoms with van der Waals surface area (Å²) in [6.45, 7) is 8.99. The molecule has 3 aliphatic rings. The number of halogens is 2. The van der Waals surface area contributed by atoms with Gasteiger partial charge in [0.15, 0.2) is 0 Å². The minimum atomic E-state index is -0.0464. The zero-order valence-electron chi connectivity index (χ0n) is 12.4. The van der Waals surface area contributed by atoms with Gasteiger partial charge >= 0.3 is 0 Å². The molecular weight excluding hydrogens is 368 g/mol. The van der Waals surface area contributed by atoms with Gasteiger partial charge in [0.05, 0.1) is 3.23 Å². The Morgan fingerprint density at radius 1 is 1.00 bits per heavy atom. The zero-order chi connectivity index (χ0) is 14.3. The molecule has 0 aliphatic heterocycles. The molecule has 3 heteroatoms. The molecular formula is C16H24Br2O. The molecule has 3 saturated carbocycles. The Hall–Kier alpha value is 0.630. The van der Waals surface area contributed by atoms with E-state index >= 15 is 0 Å². The van der Waals surface area contributed by atoms with Crippen LogP contribution < -0.4 is 0 Å². The van der Waals surface area contributed by atoms with E-state index in [1.165, 1.54) is 19.3 Å². The van der Waals surface area contributed by atoms with Gasteiger partial charge < -0.3 is 0 Å². The summed E-state index contributed by atoms with van der Waals surface area (Å²) in [5, 5.41) is 0. The molecule has 0 heterocycles. The van der Waals surface area contributed by atoms with Crippen LogP contribution in [0.3, 0.4) is 0 Å². The second kappa shape index (κ2) is 3.88. The Bertz CT molecular complexity index is 442. The molecule has 0 bridgehead atoms. The van der Waals surface area contributed by atoms with E-state index in [1.54, 1.807) is 0 Å². The van der Waals surface area contributed by atoms with Gasteiger partial charge in [-0.05, 0) is 55.3 Å². The van der Waals surface area contributed by atoms with Gasteiger partial charge in [0.2, 0.25) is 0 Å². The maximum Gasteiger partial charge on any atom is 0.136 e. The Morgan fingerprint density at radius 2 is 1.63 bits per heavy atom. The second-order valence-corrected chi connectivity index (χ2v) is 11.6. The maximum atomic E-state index is 12.5. The molecule has 19 heavy (non-hydrogen) atoms. The van der Waals surface area contributed by atoms with Gasteiger partial charge in [-0.25, -0.2) is 0 Å². The van der Waals surface area contributed by atoms with Crippen molar-refractivity contribution in [2.45, 2.75) is 63.0 Å². The molecule has 0 radical (unpaired) electrons. The average molecular weight is 392 g/mol. The molecule has 1 nitrogen and oxygen atoms in total. The summed E-state index contributed by atoms with van der Waals surface area (Å²) in [5.74, 6) is 1.55. The third-order valence-corrected chi connectivity index (χ3v) is 9.56. The Balaban J connectivity index is 2.10. The highest BCUT2D eigenvalue weighted by atomic mass is 79.9. The van der Waals surface area contributed by atoms with Crippen LogP contribution in [0.25, 0.3) is 0 Å². The van der Waals surface area contributed by atoms with Gasteiger partial charge in [-0.2, -0.15) is 0 Å². The largest absolute Gasteiger partial charge is 0.299 e. The minimum Gasteiger partial charge on any atom is -0.299 e. The minimum absolute atomic E-state index is 0.0464. The van der Waals surface area contributed by atoms with E-state index in [4.69, 9.17) is 0 Å². The Kier molecular flexibility index (Phi) is 2.97. The van der Waals surface area contributed by atoms with Crippen LogP contribution in [0.15, 0.2) is 0 Å². The summed E-state index contributed by atoms with van der Waals surface area (Å²) in [6, 6.07) is 0. The highest BCUT2D eigenvalue weighted by Gasteiger charge is 2.80. The first kappa shape index (κ1) is 14.6. The quantitative estimate of drug-likeness (QED) is 0.554. The lowest BCUT2D eigenvalue weighted by Crippen LogP contribution is -2.52. The van der Waals surface area contributed by atoms with E-state index in [0.717, 1.165) is 12.8 Å². The molecule has 0 aromatic rings. The molecule has 108 valence electrons. The van der Waals surface area contributed by atoms with E-state index in [9.17, 15) is 4.79 Å². The predicted molar refractivity (Wildman–Crippen MR) is 85.7 cm³/mol. The van der Waals surface area contributed by atoms with Crippen LogP contribution in [0.1, 0.15) is 59.8 Å². The number of carbonyl (C=O) groups is 1. The van der Waals surface area contributed by atoms with Crippen LogP contribution >= 0.6 is 31.9 Å². The molecule has 0 amide bonds. The van der Waals surface area contributed by atoms with E-state index < -0.39 is 0 Å². The fourth-order valence-electron chi connectivity index (χ4n) is 5.54. The molecule has 0 spiro atoms. The lowest BCUT2D eigenvalue weighted by atomic mass is 9.48. The standard InChI is InChI=1S/C16H24Br2O/c1-10(19)15-7-5-6-13(2,3)11(15)12-14(4,8-9-15)16(12,17)18/h11-12H,5-9H2,1-4H3/t11-,12+,14-,15-/m1/s1. The summed E-state index contributed by atoms with van der Waals surface area (Å²) >= 11 is 7.86. The Morgan fingerprint density at radius 3 is 2.21 bits per heavy atom. The van der Waals surface area contributed by atoms with Crippen LogP contribution in [-0.2, 0) is 4.79 Å². The monoisotopic (exact) mass is 390 g/mol. The van der Waals surface area contributed by atoms with E-state index in [2.05, 4.69) is 52.6 Å². The molecule has 4 atom stereocenters. The molecule has 3 aliphatic carbocycles. The van der Waals surface area contributed by atoms with Crippen LogP contribution in [0, 0.1) is 28.1 Å². The summed E-state index contributed by atoms with van der Waals surface area (Å²) in [4.78, 5) is 12.5. The number of Topliss-reactive ketones (excluding diaryl/α,β-unsaturated/α-hetero) is 1. The van der Waals surface area contributed by atoms with Crippen molar-refractivity contribution in [2.24, 2.45) is 28.1 Å². The first-order valence-corrected chi connectivity index (χ1v) is 9.07. The summed E-state index contributed by atoms with van der Waals surface area (Å²) in [7, 11) is 0. The number of hydrogen-bond donors (Lipinski definition) is 0. The van der Waals surface area contributed by atoms with Gasteiger partial charge in [-0.3, -0.25) is 4.79 Å². The fourth-order valence-corrected chi connectivity index (χ4v) is 7.74. The predicted octanol–water partition coefficient (Wildman–Crippen LogP) is 5.30. The molecule has 0 aromatic carbocycles. The van der Waals surface area contributed by atoms with Crippen molar-refractivity contribution < 1.29 is 4.79 Å². The summed E-state index contributed by atoms with van der Waals surface area (Å²) in [6.07, 6.45) is 5.83. The molecule has 3 rings (SSSR count). The first-order chi connectivity index (χ1) is 8.60. The number of ketones is 1. The van der Waals surface area contributed by atoms with E-state index in [1.807, 2.05) is 6.92 Å². The maximum absolute atomic E-state index is 12.5. The van der Waals surface area contributed by atoms with Gasteiger partial charge in [0.1, 0.15) is 5.78 Å². The molecule has 0 N–H and O–H groups in total. The van der Waals surface area contributed by atoms with Gasteiger partial charge in [0.25, 0.3) is 0 Å².